The first-order chi connectivity index (χ1) is 12.0. The van der Waals surface area contributed by atoms with Crippen LogP contribution in [0.1, 0.15) is 57.1 Å². The van der Waals surface area contributed by atoms with Crippen molar-refractivity contribution < 1.29 is 0 Å². The van der Waals surface area contributed by atoms with Crippen molar-refractivity contribution >= 4 is 11.0 Å². The standard InChI is InChI=1S/C20H30N4O/c1-20(2)12-14(9-11-22-20)16-7-4-8-17-18(16)23(3)19(25)24(17)15-6-5-10-21-13-15/h4,7-8,14-15,21-22H,5-6,9-13H2,1-3H3/t14-,15?/m0/s1. The third-order valence-electron chi connectivity index (χ3n) is 6.06. The number of hydrogen-bond donors (Lipinski definition) is 2. The predicted octanol–water partition coefficient (Wildman–Crippen LogP) is 2.51. The van der Waals surface area contributed by atoms with Crippen molar-refractivity contribution in [3.05, 3.63) is 34.2 Å². The Morgan fingerprint density at radius 3 is 2.76 bits per heavy atom. The molecule has 2 saturated heterocycles. The van der Waals surface area contributed by atoms with Crippen LogP contribution in [-0.2, 0) is 7.05 Å². The Balaban J connectivity index is 1.83. The molecule has 2 aromatic rings. The fourth-order valence-electron chi connectivity index (χ4n) is 4.85. The summed E-state index contributed by atoms with van der Waals surface area (Å²) in [4.78, 5) is 13.0. The lowest BCUT2D eigenvalue weighted by molar-refractivity contribution is 0.276. The predicted molar refractivity (Wildman–Crippen MR) is 102 cm³/mol. The first kappa shape index (κ1) is 16.9. The van der Waals surface area contributed by atoms with E-state index in [2.05, 4.69) is 42.7 Å². The van der Waals surface area contributed by atoms with Gasteiger partial charge in [-0.05, 0) is 70.2 Å². The Kier molecular flexibility index (Phi) is 4.24. The molecule has 0 spiro atoms. The van der Waals surface area contributed by atoms with Crippen molar-refractivity contribution in [1.29, 1.82) is 0 Å². The molecule has 0 amide bonds. The van der Waals surface area contributed by atoms with Gasteiger partial charge >= 0.3 is 5.69 Å². The van der Waals surface area contributed by atoms with E-state index < -0.39 is 0 Å². The van der Waals surface area contributed by atoms with Crippen LogP contribution in [0.5, 0.6) is 0 Å². The highest BCUT2D eigenvalue weighted by Gasteiger charge is 2.31. The number of para-hydroxylation sites is 1. The Bertz CT molecular complexity index is 826. The summed E-state index contributed by atoms with van der Waals surface area (Å²) in [6.07, 6.45) is 4.45. The van der Waals surface area contributed by atoms with E-state index in [1.807, 2.05) is 16.2 Å². The van der Waals surface area contributed by atoms with Crippen LogP contribution >= 0.6 is 0 Å². The molecule has 2 atom stereocenters. The zero-order valence-electron chi connectivity index (χ0n) is 15.6. The number of nitrogens with one attached hydrogen (secondary N) is 2. The van der Waals surface area contributed by atoms with Gasteiger partial charge in [0.1, 0.15) is 0 Å². The van der Waals surface area contributed by atoms with Crippen LogP contribution in [0.25, 0.3) is 11.0 Å². The van der Waals surface area contributed by atoms with Crippen LogP contribution in [0.15, 0.2) is 23.0 Å². The fraction of sp³-hybridized carbons (Fsp3) is 0.650. The van der Waals surface area contributed by atoms with E-state index in [0.29, 0.717) is 5.92 Å². The molecule has 2 aliphatic heterocycles. The first-order valence-electron chi connectivity index (χ1n) is 9.63. The molecule has 1 aromatic heterocycles. The molecule has 0 aliphatic carbocycles. The third-order valence-corrected chi connectivity index (χ3v) is 6.06. The minimum Gasteiger partial charge on any atom is -0.315 e. The van der Waals surface area contributed by atoms with Gasteiger partial charge in [0, 0.05) is 19.1 Å². The average molecular weight is 342 g/mol. The number of aryl methyl sites for hydroxylation is 1. The molecule has 25 heavy (non-hydrogen) atoms. The summed E-state index contributed by atoms with van der Waals surface area (Å²) in [5, 5.41) is 7.05. The van der Waals surface area contributed by atoms with Gasteiger partial charge in [0.2, 0.25) is 0 Å². The van der Waals surface area contributed by atoms with Gasteiger partial charge < -0.3 is 10.6 Å². The van der Waals surface area contributed by atoms with Crippen molar-refractivity contribution in [1.82, 2.24) is 19.8 Å². The molecule has 5 nitrogen and oxygen atoms in total. The van der Waals surface area contributed by atoms with Crippen LogP contribution in [0.2, 0.25) is 0 Å². The van der Waals surface area contributed by atoms with Crippen LogP contribution < -0.4 is 16.3 Å². The van der Waals surface area contributed by atoms with Gasteiger partial charge in [-0.15, -0.1) is 0 Å². The van der Waals surface area contributed by atoms with Gasteiger partial charge in [-0.3, -0.25) is 9.13 Å². The quantitative estimate of drug-likeness (QED) is 0.882. The highest BCUT2D eigenvalue weighted by atomic mass is 16.1. The van der Waals surface area contributed by atoms with E-state index >= 15 is 0 Å². The summed E-state index contributed by atoms with van der Waals surface area (Å²) >= 11 is 0. The van der Waals surface area contributed by atoms with Gasteiger partial charge in [-0.1, -0.05) is 12.1 Å². The summed E-state index contributed by atoms with van der Waals surface area (Å²) in [5.41, 5.74) is 3.87. The Morgan fingerprint density at radius 1 is 1.20 bits per heavy atom. The van der Waals surface area contributed by atoms with E-state index in [9.17, 15) is 4.79 Å². The minimum absolute atomic E-state index is 0.129. The average Bonchev–Trinajstić information content (AvgIpc) is 2.86. The monoisotopic (exact) mass is 342 g/mol. The molecule has 2 N–H and O–H groups in total. The van der Waals surface area contributed by atoms with Crippen LogP contribution in [-0.4, -0.2) is 34.3 Å². The third kappa shape index (κ3) is 2.93. The summed E-state index contributed by atoms with van der Waals surface area (Å²) in [7, 11) is 1.94. The van der Waals surface area contributed by atoms with Gasteiger partial charge in [-0.2, -0.15) is 0 Å². The molecule has 136 valence electrons. The Hall–Kier alpha value is -1.59. The molecule has 1 aromatic carbocycles. The number of piperidine rings is 2. The maximum absolute atomic E-state index is 13.0. The lowest BCUT2D eigenvalue weighted by Crippen LogP contribution is -2.45. The molecule has 0 saturated carbocycles. The topological polar surface area (TPSA) is 51.0 Å². The number of imidazole rings is 1. The van der Waals surface area contributed by atoms with Crippen LogP contribution in [0.3, 0.4) is 0 Å². The van der Waals surface area contributed by atoms with Crippen molar-refractivity contribution in [3.63, 3.8) is 0 Å². The highest BCUT2D eigenvalue weighted by molar-refractivity contribution is 5.80. The zero-order chi connectivity index (χ0) is 17.6. The Morgan fingerprint density at radius 2 is 2.04 bits per heavy atom. The second kappa shape index (κ2) is 6.29. The lowest BCUT2D eigenvalue weighted by atomic mass is 9.80. The van der Waals surface area contributed by atoms with E-state index in [1.165, 1.54) is 5.56 Å². The molecular formula is C20H30N4O. The fourth-order valence-corrected chi connectivity index (χ4v) is 4.85. The second-order valence-corrected chi connectivity index (χ2v) is 8.43. The molecule has 0 radical (unpaired) electrons. The van der Waals surface area contributed by atoms with Crippen LogP contribution in [0.4, 0.5) is 0 Å². The smallest absolute Gasteiger partial charge is 0.315 e. The molecular weight excluding hydrogens is 312 g/mol. The van der Waals surface area contributed by atoms with E-state index in [1.54, 1.807) is 0 Å². The summed E-state index contributed by atoms with van der Waals surface area (Å²) in [5.74, 6) is 0.505. The van der Waals surface area contributed by atoms with Crippen molar-refractivity contribution in [2.75, 3.05) is 19.6 Å². The van der Waals surface area contributed by atoms with Gasteiger partial charge in [-0.25, -0.2) is 4.79 Å². The number of nitrogens with zero attached hydrogens (tertiary/aromatic N) is 2. The van der Waals surface area contributed by atoms with Gasteiger partial charge in [0.05, 0.1) is 17.1 Å². The number of rotatable bonds is 2. The van der Waals surface area contributed by atoms with Gasteiger partial charge in [0.25, 0.3) is 0 Å². The number of aromatic nitrogens is 2. The maximum Gasteiger partial charge on any atom is 0.329 e. The second-order valence-electron chi connectivity index (χ2n) is 8.43. The van der Waals surface area contributed by atoms with E-state index in [4.69, 9.17) is 0 Å². The summed E-state index contributed by atoms with van der Waals surface area (Å²) < 4.78 is 3.92. The molecule has 1 unspecified atom stereocenters. The molecule has 5 heteroatoms. The minimum atomic E-state index is 0.129. The number of fused-ring (bicyclic) bond motifs is 1. The normalized spacial score (nSPS) is 26.8. The summed E-state index contributed by atoms with van der Waals surface area (Å²) in [6.45, 7) is 7.54. The molecule has 3 heterocycles. The maximum atomic E-state index is 13.0. The van der Waals surface area contributed by atoms with Crippen molar-refractivity contribution in [2.24, 2.45) is 7.05 Å². The lowest BCUT2D eigenvalue weighted by Gasteiger charge is -2.37. The van der Waals surface area contributed by atoms with Crippen LogP contribution in [0, 0.1) is 0 Å². The largest absolute Gasteiger partial charge is 0.329 e. The number of benzene rings is 1. The van der Waals surface area contributed by atoms with E-state index in [0.717, 1.165) is 56.4 Å². The zero-order valence-corrected chi connectivity index (χ0v) is 15.6. The molecule has 4 rings (SSSR count). The van der Waals surface area contributed by atoms with Crippen molar-refractivity contribution in [2.45, 2.75) is 57.0 Å². The molecule has 0 bridgehead atoms. The molecule has 2 fully saturated rings. The van der Waals surface area contributed by atoms with E-state index in [-0.39, 0.29) is 17.3 Å². The molecule has 2 aliphatic rings. The van der Waals surface area contributed by atoms with Gasteiger partial charge in [0.15, 0.2) is 0 Å². The SMILES string of the molecule is Cn1c(=O)n(C2CCCNC2)c2cccc([C@H]3CCNC(C)(C)C3)c21. The highest BCUT2D eigenvalue weighted by Crippen LogP contribution is 2.36. The number of hydrogen-bond acceptors (Lipinski definition) is 3. The van der Waals surface area contributed by atoms with Crippen molar-refractivity contribution in [3.8, 4) is 0 Å². The Labute approximate surface area is 149 Å². The first-order valence-corrected chi connectivity index (χ1v) is 9.63. The summed E-state index contributed by atoms with van der Waals surface area (Å²) in [6, 6.07) is 6.77.